The molecule has 0 unspecified atom stereocenters. The zero-order chi connectivity index (χ0) is 27.2. The molecule has 0 spiro atoms. The van der Waals surface area contributed by atoms with E-state index in [1.54, 1.807) is 0 Å². The summed E-state index contributed by atoms with van der Waals surface area (Å²) in [5.74, 6) is 1.79. The third-order valence-electron chi connectivity index (χ3n) is 7.20. The van der Waals surface area contributed by atoms with Gasteiger partial charge in [0.15, 0.2) is 23.1 Å². The predicted octanol–water partition coefficient (Wildman–Crippen LogP) is 8.38. The first-order valence-corrected chi connectivity index (χ1v) is 13.4. The first kappa shape index (κ1) is 23.2. The fourth-order valence-corrected chi connectivity index (χ4v) is 5.23. The van der Waals surface area contributed by atoms with Gasteiger partial charge < -0.3 is 4.42 Å². The Labute approximate surface area is 235 Å². The molecule has 0 saturated heterocycles. The zero-order valence-corrected chi connectivity index (χ0v) is 21.8. The maximum Gasteiger partial charge on any atom is 0.166 e. The minimum atomic E-state index is 0.567. The van der Waals surface area contributed by atoms with Crippen molar-refractivity contribution < 1.29 is 4.42 Å². The van der Waals surface area contributed by atoms with Crippen molar-refractivity contribution in [1.29, 1.82) is 0 Å². The second-order valence-corrected chi connectivity index (χ2v) is 9.75. The third-order valence-corrected chi connectivity index (χ3v) is 7.20. The van der Waals surface area contributed by atoms with Gasteiger partial charge in [0, 0.05) is 33.7 Å². The number of benzene rings is 4. The van der Waals surface area contributed by atoms with E-state index in [9.17, 15) is 0 Å². The zero-order valence-electron chi connectivity index (χ0n) is 21.8. The van der Waals surface area contributed by atoms with E-state index in [0.717, 1.165) is 60.9 Å². The number of aromatic nitrogens is 5. The standard InChI is InChI=1S/C35H21N5O/c1-3-11-22(12-4-1)33-38-34(23-13-5-2-6-14-23)40-35(39-33)27-21-36-31(25-16-8-7-15-24(25)27)28-19-20-30-32(37-28)26-17-9-10-18-29(26)41-30/h1-21H. The van der Waals surface area contributed by atoms with Crippen LogP contribution in [-0.4, -0.2) is 24.9 Å². The molecule has 41 heavy (non-hydrogen) atoms. The summed E-state index contributed by atoms with van der Waals surface area (Å²) in [6.45, 7) is 0. The molecule has 0 fully saturated rings. The van der Waals surface area contributed by atoms with Crippen molar-refractivity contribution in [1.82, 2.24) is 24.9 Å². The van der Waals surface area contributed by atoms with Gasteiger partial charge >= 0.3 is 0 Å². The Balaban J connectivity index is 1.33. The van der Waals surface area contributed by atoms with Crippen LogP contribution in [0.3, 0.4) is 0 Å². The molecule has 0 aliphatic rings. The van der Waals surface area contributed by atoms with Gasteiger partial charge in [-0.05, 0) is 29.7 Å². The van der Waals surface area contributed by atoms with E-state index in [-0.39, 0.29) is 0 Å². The van der Waals surface area contributed by atoms with Crippen LogP contribution in [0.1, 0.15) is 0 Å². The van der Waals surface area contributed by atoms with Gasteiger partial charge in [0.1, 0.15) is 11.1 Å². The Morgan fingerprint density at radius 1 is 0.439 bits per heavy atom. The molecule has 8 aromatic rings. The molecule has 6 heteroatoms. The number of pyridine rings is 2. The summed E-state index contributed by atoms with van der Waals surface area (Å²) in [6.07, 6.45) is 1.84. The summed E-state index contributed by atoms with van der Waals surface area (Å²) in [5, 5.41) is 2.94. The lowest BCUT2D eigenvalue weighted by molar-refractivity contribution is 0.668. The summed E-state index contributed by atoms with van der Waals surface area (Å²) < 4.78 is 6.00. The van der Waals surface area contributed by atoms with E-state index in [1.807, 2.05) is 115 Å². The molecule has 0 atom stereocenters. The van der Waals surface area contributed by atoms with Gasteiger partial charge in [-0.2, -0.15) is 0 Å². The molecule has 0 aliphatic heterocycles. The summed E-state index contributed by atoms with van der Waals surface area (Å²) in [6, 6.07) is 40.0. The SMILES string of the molecule is c1ccc(-c2nc(-c3ccccc3)nc(-c3cnc(-c4ccc5oc6ccccc6c5n4)c4ccccc34)n2)cc1. The average molecular weight is 528 g/mol. The predicted molar refractivity (Wildman–Crippen MR) is 162 cm³/mol. The largest absolute Gasteiger partial charge is 0.454 e. The molecule has 0 saturated carbocycles. The van der Waals surface area contributed by atoms with Crippen LogP contribution in [0.15, 0.2) is 132 Å². The Bertz CT molecular complexity index is 2150. The third kappa shape index (κ3) is 4.01. The minimum Gasteiger partial charge on any atom is -0.454 e. The number of hydrogen-bond donors (Lipinski definition) is 0. The number of furan rings is 1. The fraction of sp³-hybridized carbons (Fsp3) is 0. The maximum absolute atomic E-state index is 6.00. The second kappa shape index (κ2) is 9.47. The Kier molecular flexibility index (Phi) is 5.35. The molecule has 0 amide bonds. The average Bonchev–Trinajstić information content (AvgIpc) is 3.43. The van der Waals surface area contributed by atoms with Crippen LogP contribution in [0.4, 0.5) is 0 Å². The minimum absolute atomic E-state index is 0.567. The molecule has 4 aromatic carbocycles. The van der Waals surface area contributed by atoms with Crippen LogP contribution in [0.5, 0.6) is 0 Å². The molecule has 4 heterocycles. The number of rotatable bonds is 4. The first-order valence-electron chi connectivity index (χ1n) is 13.4. The van der Waals surface area contributed by atoms with Crippen molar-refractivity contribution in [2.24, 2.45) is 0 Å². The summed E-state index contributed by atoms with van der Waals surface area (Å²) in [5.41, 5.74) is 6.64. The highest BCUT2D eigenvalue weighted by Crippen LogP contribution is 2.35. The lowest BCUT2D eigenvalue weighted by Crippen LogP contribution is -2.01. The molecular weight excluding hydrogens is 506 g/mol. The van der Waals surface area contributed by atoms with Crippen LogP contribution >= 0.6 is 0 Å². The van der Waals surface area contributed by atoms with Crippen molar-refractivity contribution in [3.63, 3.8) is 0 Å². The molecule has 0 radical (unpaired) electrons. The normalized spacial score (nSPS) is 11.4. The lowest BCUT2D eigenvalue weighted by Gasteiger charge is -2.12. The highest BCUT2D eigenvalue weighted by Gasteiger charge is 2.18. The van der Waals surface area contributed by atoms with Gasteiger partial charge in [-0.3, -0.25) is 4.98 Å². The van der Waals surface area contributed by atoms with Crippen molar-refractivity contribution >= 4 is 32.8 Å². The van der Waals surface area contributed by atoms with E-state index in [1.165, 1.54) is 0 Å². The van der Waals surface area contributed by atoms with E-state index >= 15 is 0 Å². The van der Waals surface area contributed by atoms with Crippen LogP contribution in [-0.2, 0) is 0 Å². The van der Waals surface area contributed by atoms with Crippen molar-refractivity contribution in [3.05, 3.63) is 128 Å². The van der Waals surface area contributed by atoms with Gasteiger partial charge in [-0.1, -0.05) is 97.1 Å². The smallest absolute Gasteiger partial charge is 0.166 e. The van der Waals surface area contributed by atoms with E-state index in [4.69, 9.17) is 29.3 Å². The number of nitrogens with zero attached hydrogens (tertiary/aromatic N) is 5. The fourth-order valence-electron chi connectivity index (χ4n) is 5.23. The van der Waals surface area contributed by atoms with Crippen LogP contribution in [0.2, 0.25) is 0 Å². The monoisotopic (exact) mass is 527 g/mol. The highest BCUT2D eigenvalue weighted by molar-refractivity contribution is 6.05. The molecule has 192 valence electrons. The molecule has 4 aromatic heterocycles. The lowest BCUT2D eigenvalue weighted by atomic mass is 10.0. The molecule has 0 N–H and O–H groups in total. The van der Waals surface area contributed by atoms with E-state index in [2.05, 4.69) is 12.1 Å². The van der Waals surface area contributed by atoms with Gasteiger partial charge in [-0.25, -0.2) is 19.9 Å². The van der Waals surface area contributed by atoms with Crippen molar-refractivity contribution in [3.8, 4) is 45.6 Å². The number of para-hydroxylation sites is 1. The molecule has 8 rings (SSSR count). The van der Waals surface area contributed by atoms with Crippen LogP contribution < -0.4 is 0 Å². The quantitative estimate of drug-likeness (QED) is 0.229. The van der Waals surface area contributed by atoms with Gasteiger partial charge in [-0.15, -0.1) is 0 Å². The van der Waals surface area contributed by atoms with Gasteiger partial charge in [0.25, 0.3) is 0 Å². The summed E-state index contributed by atoms with van der Waals surface area (Å²) in [7, 11) is 0. The van der Waals surface area contributed by atoms with E-state index < -0.39 is 0 Å². The molecule has 0 bridgehead atoms. The number of fused-ring (bicyclic) bond motifs is 4. The molecule has 6 nitrogen and oxygen atoms in total. The molecule has 0 aliphatic carbocycles. The Morgan fingerprint density at radius 3 is 1.73 bits per heavy atom. The topological polar surface area (TPSA) is 77.6 Å². The van der Waals surface area contributed by atoms with Gasteiger partial charge in [0.2, 0.25) is 0 Å². The number of hydrogen-bond acceptors (Lipinski definition) is 6. The van der Waals surface area contributed by atoms with Crippen molar-refractivity contribution in [2.75, 3.05) is 0 Å². The second-order valence-electron chi connectivity index (χ2n) is 9.75. The summed E-state index contributed by atoms with van der Waals surface area (Å²) >= 11 is 0. The van der Waals surface area contributed by atoms with Crippen molar-refractivity contribution in [2.45, 2.75) is 0 Å². The first-order chi connectivity index (χ1) is 20.3. The highest BCUT2D eigenvalue weighted by atomic mass is 16.3. The van der Waals surface area contributed by atoms with Crippen LogP contribution in [0, 0.1) is 0 Å². The van der Waals surface area contributed by atoms with E-state index in [0.29, 0.717) is 17.5 Å². The van der Waals surface area contributed by atoms with Gasteiger partial charge in [0.05, 0.1) is 11.4 Å². The molecular formula is C35H21N5O. The maximum atomic E-state index is 6.00. The van der Waals surface area contributed by atoms with Crippen LogP contribution in [0.25, 0.3) is 78.4 Å². The Morgan fingerprint density at radius 2 is 1.02 bits per heavy atom. The Hall–Kier alpha value is -5.75. The summed E-state index contributed by atoms with van der Waals surface area (Å²) in [4.78, 5) is 24.6.